The summed E-state index contributed by atoms with van der Waals surface area (Å²) in [5, 5.41) is 0. The van der Waals surface area contributed by atoms with E-state index in [9.17, 15) is 4.79 Å². The molecular weight excluding hydrogens is 150 g/mol. The van der Waals surface area contributed by atoms with Gasteiger partial charge in [0.1, 0.15) is 0 Å². The van der Waals surface area contributed by atoms with E-state index < -0.39 is 12.4 Å². The predicted molar refractivity (Wildman–Crippen MR) is 40.6 cm³/mol. The molecule has 0 fully saturated rings. The maximum Gasteiger partial charge on any atom is 0.406 e. The highest BCUT2D eigenvalue weighted by molar-refractivity contribution is 6.10. The lowest BCUT2D eigenvalue weighted by atomic mass is 10.7. The minimum atomic E-state index is -0.796. The molecule has 0 bridgehead atoms. The third-order valence-corrected chi connectivity index (χ3v) is 1.02. The van der Waals surface area contributed by atoms with Gasteiger partial charge in [-0.25, -0.2) is 4.79 Å². The maximum absolute atomic E-state index is 10.1. The lowest BCUT2D eigenvalue weighted by Crippen LogP contribution is -2.25. The van der Waals surface area contributed by atoms with Crippen molar-refractivity contribution in [2.45, 2.75) is 25.9 Å². The van der Waals surface area contributed by atoms with E-state index in [0.717, 1.165) is 10.2 Å². The van der Waals surface area contributed by atoms with Gasteiger partial charge in [0.2, 0.25) is 6.29 Å². The van der Waals surface area contributed by atoms with Gasteiger partial charge in [0, 0.05) is 16.0 Å². The van der Waals surface area contributed by atoms with Crippen LogP contribution in [-0.4, -0.2) is 28.4 Å². The Morgan fingerprint density at radius 3 is 2.40 bits per heavy atom. The number of ether oxygens (including phenoxy) is 2. The van der Waals surface area contributed by atoms with Crippen molar-refractivity contribution in [1.29, 1.82) is 0 Å². The molecule has 0 aromatic heterocycles. The lowest BCUT2D eigenvalue weighted by Gasteiger charge is -2.14. The van der Waals surface area contributed by atoms with Crippen molar-refractivity contribution in [3.63, 3.8) is 0 Å². The van der Waals surface area contributed by atoms with Gasteiger partial charge in [-0.15, -0.1) is 0 Å². The lowest BCUT2D eigenvalue weighted by molar-refractivity contribution is -0.0967. The Balaban J connectivity index is 3.43. The fourth-order valence-electron chi connectivity index (χ4n) is 0.575. The number of amides is 1. The molecule has 0 spiro atoms. The molecule has 1 amide bonds. The first kappa shape index (κ1) is 9.45. The van der Waals surface area contributed by atoms with Crippen LogP contribution in [0.25, 0.3) is 0 Å². The summed E-state index contributed by atoms with van der Waals surface area (Å²) in [6.07, 6.45) is -1.32. The number of carbonyl (C=O) groups excluding carboxylic acids is 1. The van der Waals surface area contributed by atoms with Gasteiger partial charge in [-0.2, -0.15) is 0 Å². The second kappa shape index (κ2) is 4.29. The van der Waals surface area contributed by atoms with Crippen LogP contribution in [0.1, 0.15) is 13.8 Å². The average molecular weight is 163 g/mol. The van der Waals surface area contributed by atoms with E-state index in [4.69, 9.17) is 10.5 Å². The monoisotopic (exact) mass is 163 g/mol. The molecule has 2 atom stereocenters. The molecule has 0 aromatic rings. The van der Waals surface area contributed by atoms with E-state index >= 15 is 0 Å². The van der Waals surface area contributed by atoms with E-state index in [1.165, 1.54) is 0 Å². The Morgan fingerprint density at radius 1 is 1.60 bits per heavy atom. The first-order valence-corrected chi connectivity index (χ1v) is 4.29. The Bertz CT molecular complexity index is 117. The van der Waals surface area contributed by atoms with Crippen molar-refractivity contribution in [1.82, 2.24) is 0 Å². The van der Waals surface area contributed by atoms with Gasteiger partial charge in [0.05, 0.1) is 0 Å². The van der Waals surface area contributed by atoms with Crippen molar-refractivity contribution < 1.29 is 14.3 Å². The van der Waals surface area contributed by atoms with Crippen molar-refractivity contribution in [3.05, 3.63) is 0 Å². The molecule has 0 heterocycles. The summed E-state index contributed by atoms with van der Waals surface area (Å²) in [5.74, 6) is 0. The van der Waals surface area contributed by atoms with Gasteiger partial charge in [0.25, 0.3) is 0 Å². The molecule has 2 N–H and O–H groups in total. The maximum atomic E-state index is 10.1. The van der Waals surface area contributed by atoms with Crippen LogP contribution in [0.15, 0.2) is 0 Å². The summed E-state index contributed by atoms with van der Waals surface area (Å²) in [4.78, 5) is 10.1. The molecule has 0 saturated carbocycles. The zero-order valence-corrected chi connectivity index (χ0v) is 8.46. The summed E-state index contributed by atoms with van der Waals surface area (Å²) in [6.45, 7) is 3.55. The molecule has 0 rings (SSSR count). The smallest absolute Gasteiger partial charge is 0.406 e. The van der Waals surface area contributed by atoms with Crippen LogP contribution in [0.5, 0.6) is 0 Å². The molecular formula is C5H13NO3Si. The third kappa shape index (κ3) is 5.58. The number of nitrogens with two attached hydrogens (primary N) is 1. The molecule has 4 nitrogen and oxygen atoms in total. The van der Waals surface area contributed by atoms with Crippen molar-refractivity contribution >= 4 is 16.3 Å². The highest BCUT2D eigenvalue weighted by Crippen LogP contribution is 1.95. The van der Waals surface area contributed by atoms with Crippen LogP contribution < -0.4 is 5.73 Å². The Hall–Kier alpha value is -0.553. The molecule has 2 unspecified atom stereocenters. The minimum Gasteiger partial charge on any atom is -0.420 e. The average Bonchev–Trinajstić information content (AvgIpc) is 1.58. The molecule has 0 aromatic carbocycles. The van der Waals surface area contributed by atoms with Crippen LogP contribution in [0.2, 0.25) is 0 Å². The summed E-state index contributed by atoms with van der Waals surface area (Å²) in [6, 6.07) is 0. The number of primary amides is 1. The summed E-state index contributed by atoms with van der Waals surface area (Å²) >= 11 is 0. The molecule has 0 aliphatic heterocycles. The second-order valence-corrected chi connectivity index (χ2v) is 3.82. The van der Waals surface area contributed by atoms with Gasteiger partial charge in [0.15, 0.2) is 0 Å². The highest BCUT2D eigenvalue weighted by Gasteiger charge is 2.06. The molecule has 60 valence electrons. The number of carbonyl (C=O) groups is 1. The summed E-state index contributed by atoms with van der Waals surface area (Å²) in [5.41, 5.74) is 4.91. The van der Waals surface area contributed by atoms with E-state index in [-0.39, 0.29) is 5.73 Å². The van der Waals surface area contributed by atoms with Gasteiger partial charge < -0.3 is 15.2 Å². The first-order chi connectivity index (χ1) is 4.52. The Morgan fingerprint density at radius 2 is 2.10 bits per heavy atom. The van der Waals surface area contributed by atoms with Crippen LogP contribution >= 0.6 is 0 Å². The van der Waals surface area contributed by atoms with Crippen LogP contribution in [-0.2, 0) is 9.47 Å². The van der Waals surface area contributed by atoms with Crippen molar-refractivity contribution in [2.75, 3.05) is 0 Å². The number of hydrogen-bond acceptors (Lipinski definition) is 3. The van der Waals surface area contributed by atoms with Gasteiger partial charge in [-0.05, 0) is 13.8 Å². The predicted octanol–water partition coefficient (Wildman–Crippen LogP) is -0.844. The van der Waals surface area contributed by atoms with E-state index in [0.29, 0.717) is 0 Å². The van der Waals surface area contributed by atoms with Gasteiger partial charge in [-0.1, -0.05) is 0 Å². The van der Waals surface area contributed by atoms with Gasteiger partial charge in [-0.3, -0.25) is 0 Å². The molecule has 0 saturated heterocycles. The van der Waals surface area contributed by atoms with Crippen molar-refractivity contribution in [3.8, 4) is 0 Å². The minimum absolute atomic E-state index is 0.175. The third-order valence-electron chi connectivity index (χ3n) is 0.746. The number of rotatable bonds is 3. The SMILES string of the molecule is CC([SiH3])OC(C)OC(N)=O. The van der Waals surface area contributed by atoms with Crippen LogP contribution in [0.4, 0.5) is 4.79 Å². The van der Waals surface area contributed by atoms with E-state index in [1.54, 1.807) is 6.92 Å². The van der Waals surface area contributed by atoms with Gasteiger partial charge >= 0.3 is 6.09 Å². The first-order valence-electron chi connectivity index (χ1n) is 3.14. The van der Waals surface area contributed by atoms with E-state index in [1.807, 2.05) is 6.92 Å². The van der Waals surface area contributed by atoms with E-state index in [2.05, 4.69) is 4.74 Å². The molecule has 0 aliphatic carbocycles. The Kier molecular flexibility index (Phi) is 4.05. The fourth-order valence-corrected chi connectivity index (χ4v) is 0.958. The molecule has 0 aliphatic rings. The number of hydrogen-bond donors (Lipinski definition) is 1. The quantitative estimate of drug-likeness (QED) is 0.436. The Labute approximate surface area is 63.1 Å². The van der Waals surface area contributed by atoms with Crippen LogP contribution in [0.3, 0.4) is 0 Å². The van der Waals surface area contributed by atoms with Crippen LogP contribution in [0, 0.1) is 0 Å². The molecule has 5 heteroatoms. The summed E-state index contributed by atoms with van der Waals surface area (Å²) in [7, 11) is 0.913. The topological polar surface area (TPSA) is 61.6 Å². The largest absolute Gasteiger partial charge is 0.420 e. The summed E-state index contributed by atoms with van der Waals surface area (Å²) < 4.78 is 9.60. The zero-order valence-electron chi connectivity index (χ0n) is 6.46. The normalized spacial score (nSPS) is 16.2. The fraction of sp³-hybridized carbons (Fsp3) is 0.800. The zero-order chi connectivity index (χ0) is 8.15. The second-order valence-electron chi connectivity index (χ2n) is 2.19. The highest BCUT2D eigenvalue weighted by atomic mass is 28.1. The molecule has 0 radical (unpaired) electrons. The molecule has 10 heavy (non-hydrogen) atoms. The van der Waals surface area contributed by atoms with Crippen molar-refractivity contribution in [2.24, 2.45) is 5.73 Å². The standard InChI is InChI=1S/C5H13NO3Si/c1-3(8-4(2)10)9-5(6)7/h3-4H,1-2,10H3,(H2,6,7).